The van der Waals surface area contributed by atoms with Crippen molar-refractivity contribution >= 4 is 5.97 Å². The first-order valence-electron chi connectivity index (χ1n) is 6.54. The zero-order valence-electron chi connectivity index (χ0n) is 10.8. The average molecular weight is 227 g/mol. The van der Waals surface area contributed by atoms with Crippen molar-refractivity contribution in [2.75, 3.05) is 0 Å². The van der Waals surface area contributed by atoms with E-state index in [1.54, 1.807) is 0 Å². The standard InChI is InChI=1S/C13H25NO2/c1-4-9-13(3,12(15)16)14-11-8-6-7-10(11)5-2/h10-11,14H,4-9H2,1-3H3,(H,15,16). The third-order valence-electron chi connectivity index (χ3n) is 3.91. The van der Waals surface area contributed by atoms with E-state index in [0.29, 0.717) is 18.4 Å². The SMILES string of the molecule is CCCC(C)(NC1CCCC1CC)C(=O)O. The van der Waals surface area contributed by atoms with E-state index in [9.17, 15) is 9.90 Å². The van der Waals surface area contributed by atoms with Gasteiger partial charge in [0.2, 0.25) is 0 Å². The van der Waals surface area contributed by atoms with Gasteiger partial charge in [-0.1, -0.05) is 33.1 Å². The lowest BCUT2D eigenvalue weighted by atomic mass is 9.92. The fourth-order valence-corrected chi connectivity index (χ4v) is 2.87. The van der Waals surface area contributed by atoms with Crippen LogP contribution in [0.15, 0.2) is 0 Å². The summed E-state index contributed by atoms with van der Waals surface area (Å²) in [6.45, 7) is 6.06. The number of rotatable bonds is 6. The lowest BCUT2D eigenvalue weighted by Gasteiger charge is -2.32. The van der Waals surface area contributed by atoms with Crippen molar-refractivity contribution in [2.24, 2.45) is 5.92 Å². The third-order valence-corrected chi connectivity index (χ3v) is 3.91. The van der Waals surface area contributed by atoms with Crippen LogP contribution in [-0.2, 0) is 4.79 Å². The van der Waals surface area contributed by atoms with E-state index in [4.69, 9.17) is 0 Å². The minimum Gasteiger partial charge on any atom is -0.480 e. The Balaban J connectivity index is 2.64. The van der Waals surface area contributed by atoms with Gasteiger partial charge in [-0.3, -0.25) is 10.1 Å². The highest BCUT2D eigenvalue weighted by Gasteiger charge is 2.37. The topological polar surface area (TPSA) is 49.3 Å². The first-order valence-corrected chi connectivity index (χ1v) is 6.54. The molecule has 3 heteroatoms. The van der Waals surface area contributed by atoms with Gasteiger partial charge in [-0.2, -0.15) is 0 Å². The molecular formula is C13H25NO2. The van der Waals surface area contributed by atoms with Gasteiger partial charge in [-0.15, -0.1) is 0 Å². The summed E-state index contributed by atoms with van der Waals surface area (Å²) < 4.78 is 0. The summed E-state index contributed by atoms with van der Waals surface area (Å²) in [4.78, 5) is 11.3. The van der Waals surface area contributed by atoms with Crippen LogP contribution in [-0.4, -0.2) is 22.7 Å². The molecule has 0 aromatic heterocycles. The summed E-state index contributed by atoms with van der Waals surface area (Å²) in [5.41, 5.74) is -0.739. The summed E-state index contributed by atoms with van der Waals surface area (Å²) in [5, 5.41) is 12.7. The number of hydrogen-bond acceptors (Lipinski definition) is 2. The van der Waals surface area contributed by atoms with Gasteiger partial charge in [0.05, 0.1) is 0 Å². The van der Waals surface area contributed by atoms with Gasteiger partial charge in [0.25, 0.3) is 0 Å². The van der Waals surface area contributed by atoms with Gasteiger partial charge in [-0.25, -0.2) is 0 Å². The number of carbonyl (C=O) groups is 1. The van der Waals surface area contributed by atoms with E-state index in [-0.39, 0.29) is 0 Å². The molecule has 1 aliphatic carbocycles. The molecule has 2 N–H and O–H groups in total. The summed E-state index contributed by atoms with van der Waals surface area (Å²) in [5.74, 6) is -0.0494. The van der Waals surface area contributed by atoms with Crippen molar-refractivity contribution in [3.8, 4) is 0 Å². The van der Waals surface area contributed by atoms with Crippen LogP contribution in [0.4, 0.5) is 0 Å². The van der Waals surface area contributed by atoms with E-state index in [0.717, 1.165) is 19.3 Å². The molecule has 3 unspecified atom stereocenters. The van der Waals surface area contributed by atoms with Gasteiger partial charge >= 0.3 is 5.97 Å². The summed E-state index contributed by atoms with van der Waals surface area (Å²) >= 11 is 0. The number of hydrogen-bond donors (Lipinski definition) is 2. The Morgan fingerprint density at radius 1 is 1.44 bits per heavy atom. The molecule has 1 saturated carbocycles. The highest BCUT2D eigenvalue weighted by atomic mass is 16.4. The molecule has 1 rings (SSSR count). The molecule has 3 nitrogen and oxygen atoms in total. The Hall–Kier alpha value is -0.570. The Kier molecular flexibility index (Phi) is 4.78. The number of aliphatic carboxylic acids is 1. The molecule has 0 bridgehead atoms. The molecule has 0 heterocycles. The van der Waals surface area contributed by atoms with Crippen LogP contribution in [0.1, 0.15) is 59.3 Å². The van der Waals surface area contributed by atoms with Crippen LogP contribution in [0.3, 0.4) is 0 Å². The molecule has 94 valence electrons. The summed E-state index contributed by atoms with van der Waals surface area (Å²) in [6, 6.07) is 0.401. The van der Waals surface area contributed by atoms with Crippen molar-refractivity contribution < 1.29 is 9.90 Å². The molecule has 0 aromatic rings. The molecule has 3 atom stereocenters. The van der Waals surface area contributed by atoms with E-state index >= 15 is 0 Å². The monoisotopic (exact) mass is 227 g/mol. The second-order valence-corrected chi connectivity index (χ2v) is 5.24. The molecule has 16 heavy (non-hydrogen) atoms. The minimum absolute atomic E-state index is 0.401. The molecule has 1 aliphatic rings. The Bertz CT molecular complexity index is 242. The van der Waals surface area contributed by atoms with Gasteiger partial charge < -0.3 is 5.11 Å². The highest BCUT2D eigenvalue weighted by molar-refractivity contribution is 5.78. The van der Waals surface area contributed by atoms with E-state index in [1.807, 2.05) is 13.8 Å². The van der Waals surface area contributed by atoms with Crippen molar-refractivity contribution in [1.82, 2.24) is 5.32 Å². The van der Waals surface area contributed by atoms with Gasteiger partial charge in [0, 0.05) is 6.04 Å². The average Bonchev–Trinajstić information content (AvgIpc) is 2.65. The van der Waals surface area contributed by atoms with Crippen LogP contribution < -0.4 is 5.32 Å². The quantitative estimate of drug-likeness (QED) is 0.733. The zero-order chi connectivity index (χ0) is 12.2. The first-order chi connectivity index (χ1) is 7.53. The van der Waals surface area contributed by atoms with Crippen LogP contribution in [0.2, 0.25) is 0 Å². The van der Waals surface area contributed by atoms with E-state index in [1.165, 1.54) is 12.8 Å². The number of carboxylic acids is 1. The highest BCUT2D eigenvalue weighted by Crippen LogP contribution is 2.30. The van der Waals surface area contributed by atoms with Gasteiger partial charge in [0.15, 0.2) is 0 Å². The molecule has 0 aliphatic heterocycles. The van der Waals surface area contributed by atoms with Crippen molar-refractivity contribution in [3.05, 3.63) is 0 Å². The maximum absolute atomic E-state index is 11.3. The first kappa shape index (κ1) is 13.5. The van der Waals surface area contributed by atoms with E-state index in [2.05, 4.69) is 12.2 Å². The lowest BCUT2D eigenvalue weighted by molar-refractivity contribution is -0.145. The molecule has 0 radical (unpaired) electrons. The third kappa shape index (κ3) is 2.97. The Morgan fingerprint density at radius 2 is 2.12 bits per heavy atom. The predicted octanol–water partition coefficient (Wildman–Crippen LogP) is 2.80. The van der Waals surface area contributed by atoms with E-state index < -0.39 is 11.5 Å². The van der Waals surface area contributed by atoms with Crippen LogP contribution in [0, 0.1) is 5.92 Å². The second-order valence-electron chi connectivity index (χ2n) is 5.24. The zero-order valence-corrected chi connectivity index (χ0v) is 10.8. The van der Waals surface area contributed by atoms with Gasteiger partial charge in [-0.05, 0) is 32.1 Å². The lowest BCUT2D eigenvalue weighted by Crippen LogP contribution is -2.54. The van der Waals surface area contributed by atoms with Crippen LogP contribution in [0.5, 0.6) is 0 Å². The largest absolute Gasteiger partial charge is 0.480 e. The fourth-order valence-electron chi connectivity index (χ4n) is 2.87. The molecule has 0 amide bonds. The summed E-state index contributed by atoms with van der Waals surface area (Å²) in [7, 11) is 0. The number of nitrogens with one attached hydrogen (secondary N) is 1. The van der Waals surface area contributed by atoms with Crippen LogP contribution in [0.25, 0.3) is 0 Å². The minimum atomic E-state index is -0.739. The Labute approximate surface area is 98.6 Å². The maximum Gasteiger partial charge on any atom is 0.323 e. The van der Waals surface area contributed by atoms with Crippen molar-refractivity contribution in [1.29, 1.82) is 0 Å². The molecule has 0 spiro atoms. The normalized spacial score (nSPS) is 28.9. The van der Waals surface area contributed by atoms with Gasteiger partial charge in [0.1, 0.15) is 5.54 Å². The fraction of sp³-hybridized carbons (Fsp3) is 0.923. The second kappa shape index (κ2) is 5.67. The van der Waals surface area contributed by atoms with Crippen LogP contribution >= 0.6 is 0 Å². The van der Waals surface area contributed by atoms with Crippen molar-refractivity contribution in [3.63, 3.8) is 0 Å². The molecule has 1 fully saturated rings. The smallest absolute Gasteiger partial charge is 0.323 e. The molecular weight excluding hydrogens is 202 g/mol. The molecule has 0 saturated heterocycles. The van der Waals surface area contributed by atoms with Crippen molar-refractivity contribution in [2.45, 2.75) is 70.9 Å². The maximum atomic E-state index is 11.3. The number of carboxylic acid groups (broad SMARTS) is 1. The molecule has 0 aromatic carbocycles. The Morgan fingerprint density at radius 3 is 2.62 bits per heavy atom. The summed E-state index contributed by atoms with van der Waals surface area (Å²) in [6.07, 6.45) is 6.37. The predicted molar refractivity (Wildman–Crippen MR) is 65.5 cm³/mol.